The molecule has 0 saturated heterocycles. The highest BCUT2D eigenvalue weighted by Crippen LogP contribution is 2.01. The molecule has 0 bridgehead atoms. The van der Waals surface area contributed by atoms with E-state index in [1.807, 2.05) is 20.8 Å². The maximum atomic E-state index is 5.30. The lowest BCUT2D eigenvalue weighted by Gasteiger charge is -2.06. The van der Waals surface area contributed by atoms with E-state index in [9.17, 15) is 0 Å². The van der Waals surface area contributed by atoms with E-state index >= 15 is 0 Å². The third-order valence-corrected chi connectivity index (χ3v) is 1.39. The number of ether oxygens (including phenoxy) is 1. The first-order valence-electron chi connectivity index (χ1n) is 4.18. The standard InChI is InChI=1S/C10H18O/c1-4-7-10(8-5-2)9-11-6-3/h4-5,7-8,10H,6,9H2,1-3H3. The minimum atomic E-state index is 0.449. The molecule has 0 amide bonds. The lowest BCUT2D eigenvalue weighted by Crippen LogP contribution is -2.03. The van der Waals surface area contributed by atoms with Gasteiger partial charge < -0.3 is 4.74 Å². The molecule has 0 aromatic heterocycles. The van der Waals surface area contributed by atoms with Crippen LogP contribution in [0.5, 0.6) is 0 Å². The minimum absolute atomic E-state index is 0.449. The van der Waals surface area contributed by atoms with Gasteiger partial charge in [0.1, 0.15) is 0 Å². The zero-order valence-corrected chi connectivity index (χ0v) is 7.71. The molecule has 0 radical (unpaired) electrons. The second-order valence-corrected chi connectivity index (χ2v) is 2.37. The predicted molar refractivity (Wildman–Crippen MR) is 49.6 cm³/mol. The molecule has 0 aromatic carbocycles. The summed E-state index contributed by atoms with van der Waals surface area (Å²) in [5.74, 6) is 0.449. The summed E-state index contributed by atoms with van der Waals surface area (Å²) in [5.41, 5.74) is 0. The zero-order valence-electron chi connectivity index (χ0n) is 7.71. The van der Waals surface area contributed by atoms with E-state index < -0.39 is 0 Å². The summed E-state index contributed by atoms with van der Waals surface area (Å²) in [7, 11) is 0. The molecule has 64 valence electrons. The van der Waals surface area contributed by atoms with Gasteiger partial charge >= 0.3 is 0 Å². The van der Waals surface area contributed by atoms with E-state index in [2.05, 4.69) is 24.3 Å². The molecule has 0 saturated carbocycles. The van der Waals surface area contributed by atoms with Gasteiger partial charge in [-0.25, -0.2) is 0 Å². The molecule has 0 spiro atoms. The van der Waals surface area contributed by atoms with Gasteiger partial charge in [0.25, 0.3) is 0 Å². The fourth-order valence-electron chi connectivity index (χ4n) is 0.924. The fraction of sp³-hybridized carbons (Fsp3) is 0.600. The average Bonchev–Trinajstić information content (AvgIpc) is 2.01. The van der Waals surface area contributed by atoms with E-state index in [0.717, 1.165) is 13.2 Å². The summed E-state index contributed by atoms with van der Waals surface area (Å²) in [6.07, 6.45) is 8.42. The van der Waals surface area contributed by atoms with Gasteiger partial charge in [-0.15, -0.1) is 0 Å². The van der Waals surface area contributed by atoms with E-state index in [4.69, 9.17) is 4.74 Å². The minimum Gasteiger partial charge on any atom is -0.381 e. The molecule has 0 N–H and O–H groups in total. The van der Waals surface area contributed by atoms with Crippen LogP contribution in [0, 0.1) is 5.92 Å². The van der Waals surface area contributed by atoms with Crippen LogP contribution in [-0.4, -0.2) is 13.2 Å². The van der Waals surface area contributed by atoms with Gasteiger partial charge in [-0.2, -0.15) is 0 Å². The maximum Gasteiger partial charge on any atom is 0.0563 e. The first kappa shape index (κ1) is 10.4. The summed E-state index contributed by atoms with van der Waals surface area (Å²) in [6, 6.07) is 0. The topological polar surface area (TPSA) is 9.23 Å². The molecular weight excluding hydrogens is 136 g/mol. The van der Waals surface area contributed by atoms with Crippen molar-refractivity contribution in [3.8, 4) is 0 Å². The lowest BCUT2D eigenvalue weighted by atomic mass is 10.1. The molecule has 1 heteroatoms. The van der Waals surface area contributed by atoms with Gasteiger partial charge in [-0.3, -0.25) is 0 Å². The summed E-state index contributed by atoms with van der Waals surface area (Å²) >= 11 is 0. The van der Waals surface area contributed by atoms with Crippen molar-refractivity contribution in [3.63, 3.8) is 0 Å². The summed E-state index contributed by atoms with van der Waals surface area (Å²) in [6.45, 7) is 7.67. The van der Waals surface area contributed by atoms with E-state index in [1.54, 1.807) is 0 Å². The number of hydrogen-bond donors (Lipinski definition) is 0. The predicted octanol–water partition coefficient (Wildman–Crippen LogP) is 2.79. The van der Waals surface area contributed by atoms with Crippen molar-refractivity contribution in [2.75, 3.05) is 13.2 Å². The van der Waals surface area contributed by atoms with Crippen molar-refractivity contribution < 1.29 is 4.74 Å². The molecule has 0 aliphatic rings. The van der Waals surface area contributed by atoms with Crippen molar-refractivity contribution in [2.45, 2.75) is 20.8 Å². The van der Waals surface area contributed by atoms with Gasteiger partial charge in [-0.05, 0) is 20.8 Å². The molecule has 0 aliphatic heterocycles. The van der Waals surface area contributed by atoms with Crippen LogP contribution in [0.1, 0.15) is 20.8 Å². The Hall–Kier alpha value is -0.560. The average molecular weight is 154 g/mol. The third-order valence-electron chi connectivity index (χ3n) is 1.39. The van der Waals surface area contributed by atoms with Gasteiger partial charge in [0.05, 0.1) is 6.61 Å². The molecule has 0 aliphatic carbocycles. The second kappa shape index (κ2) is 7.55. The molecule has 0 rings (SSSR count). The quantitative estimate of drug-likeness (QED) is 0.553. The van der Waals surface area contributed by atoms with E-state index in [1.165, 1.54) is 0 Å². The summed E-state index contributed by atoms with van der Waals surface area (Å²) in [5, 5.41) is 0. The van der Waals surface area contributed by atoms with Gasteiger partial charge in [0, 0.05) is 12.5 Å². The smallest absolute Gasteiger partial charge is 0.0563 e. The largest absolute Gasteiger partial charge is 0.381 e. The Balaban J connectivity index is 3.69. The number of allylic oxidation sites excluding steroid dienone is 2. The van der Waals surface area contributed by atoms with E-state index in [-0.39, 0.29) is 0 Å². The van der Waals surface area contributed by atoms with Crippen LogP contribution in [0.2, 0.25) is 0 Å². The van der Waals surface area contributed by atoms with Gasteiger partial charge in [-0.1, -0.05) is 24.3 Å². The monoisotopic (exact) mass is 154 g/mol. The second-order valence-electron chi connectivity index (χ2n) is 2.37. The first-order chi connectivity index (χ1) is 5.35. The van der Waals surface area contributed by atoms with Crippen LogP contribution in [0.3, 0.4) is 0 Å². The fourth-order valence-corrected chi connectivity index (χ4v) is 0.924. The van der Waals surface area contributed by atoms with Crippen LogP contribution in [0.4, 0.5) is 0 Å². The van der Waals surface area contributed by atoms with Crippen molar-refractivity contribution in [3.05, 3.63) is 24.3 Å². The van der Waals surface area contributed by atoms with Crippen LogP contribution >= 0.6 is 0 Å². The Labute approximate surface area is 69.8 Å². The third kappa shape index (κ3) is 5.86. The highest BCUT2D eigenvalue weighted by molar-refractivity contribution is 4.98. The van der Waals surface area contributed by atoms with Crippen molar-refractivity contribution in [2.24, 2.45) is 5.92 Å². The van der Waals surface area contributed by atoms with Crippen LogP contribution in [-0.2, 0) is 4.74 Å². The van der Waals surface area contributed by atoms with Crippen LogP contribution in [0.15, 0.2) is 24.3 Å². The van der Waals surface area contributed by atoms with Gasteiger partial charge in [0.2, 0.25) is 0 Å². The zero-order chi connectivity index (χ0) is 8.53. The van der Waals surface area contributed by atoms with E-state index in [0.29, 0.717) is 5.92 Å². The maximum absolute atomic E-state index is 5.30. The molecule has 0 fully saturated rings. The SMILES string of the molecule is CC=CC(C=CC)COCC. The Morgan fingerprint density at radius 1 is 1.18 bits per heavy atom. The number of rotatable bonds is 5. The van der Waals surface area contributed by atoms with Gasteiger partial charge in [0.15, 0.2) is 0 Å². The Morgan fingerprint density at radius 3 is 2.09 bits per heavy atom. The molecule has 0 atom stereocenters. The van der Waals surface area contributed by atoms with Crippen molar-refractivity contribution >= 4 is 0 Å². The normalized spacial score (nSPS) is 14.8. The summed E-state index contributed by atoms with van der Waals surface area (Å²) in [4.78, 5) is 0. The Morgan fingerprint density at radius 2 is 1.73 bits per heavy atom. The Kier molecular flexibility index (Phi) is 7.16. The molecule has 0 aromatic rings. The highest BCUT2D eigenvalue weighted by Gasteiger charge is 1.96. The number of hydrogen-bond acceptors (Lipinski definition) is 1. The molecule has 0 unspecified atom stereocenters. The van der Waals surface area contributed by atoms with Crippen molar-refractivity contribution in [1.29, 1.82) is 0 Å². The summed E-state index contributed by atoms with van der Waals surface area (Å²) < 4.78 is 5.30. The molecular formula is C10H18O. The first-order valence-corrected chi connectivity index (χ1v) is 4.18. The van der Waals surface area contributed by atoms with Crippen molar-refractivity contribution in [1.82, 2.24) is 0 Å². The van der Waals surface area contributed by atoms with Crippen LogP contribution < -0.4 is 0 Å². The Bertz CT molecular complexity index is 113. The van der Waals surface area contributed by atoms with Crippen LogP contribution in [0.25, 0.3) is 0 Å². The molecule has 1 nitrogen and oxygen atoms in total. The lowest BCUT2D eigenvalue weighted by molar-refractivity contribution is 0.135. The molecule has 11 heavy (non-hydrogen) atoms. The highest BCUT2D eigenvalue weighted by atomic mass is 16.5. The molecule has 0 heterocycles.